The molecule has 2 amide bonds. The fourth-order valence-electron chi connectivity index (χ4n) is 2.22. The molecule has 0 saturated carbocycles. The number of rotatable bonds is 3. The fraction of sp³-hybridized carbons (Fsp3) is 0.462. The second kappa shape index (κ2) is 6.67. The van der Waals surface area contributed by atoms with Crippen molar-refractivity contribution in [3.05, 3.63) is 23.7 Å². The van der Waals surface area contributed by atoms with Crippen molar-refractivity contribution in [3.8, 4) is 0 Å². The summed E-state index contributed by atoms with van der Waals surface area (Å²) in [7, 11) is 0. The zero-order valence-electron chi connectivity index (χ0n) is 12.2. The third-order valence-electron chi connectivity index (χ3n) is 3.28. The van der Waals surface area contributed by atoms with Crippen LogP contribution in [0.2, 0.25) is 0 Å². The van der Waals surface area contributed by atoms with E-state index in [1.54, 1.807) is 4.90 Å². The summed E-state index contributed by atoms with van der Waals surface area (Å²) in [4.78, 5) is 18.4. The lowest BCUT2D eigenvalue weighted by Crippen LogP contribution is -2.45. The third kappa shape index (κ3) is 3.26. The predicted octanol–water partition coefficient (Wildman–Crippen LogP) is 2.77. The average Bonchev–Trinajstić information content (AvgIpc) is 3.16. The lowest BCUT2D eigenvalue weighted by molar-refractivity contribution is 0.00710. The van der Waals surface area contributed by atoms with Crippen molar-refractivity contribution in [3.63, 3.8) is 0 Å². The average molecular weight is 340 g/mol. The first-order chi connectivity index (χ1) is 10.7. The second-order valence-corrected chi connectivity index (χ2v) is 6.27. The van der Waals surface area contributed by atoms with E-state index in [-0.39, 0.29) is 12.1 Å². The van der Waals surface area contributed by atoms with Crippen LogP contribution in [-0.2, 0) is 4.74 Å². The first-order valence-electron chi connectivity index (χ1n) is 6.77. The van der Waals surface area contributed by atoms with E-state index in [2.05, 4.69) is 14.7 Å². The molecule has 118 valence electrons. The smallest absolute Gasteiger partial charge is 0.324 e. The molecule has 0 aromatic carbocycles. The molecule has 7 nitrogen and oxygen atoms in total. The number of hydrogen-bond donors (Lipinski definition) is 1. The summed E-state index contributed by atoms with van der Waals surface area (Å²) in [6, 6.07) is 3.32. The number of nitrogens with one attached hydrogen (secondary N) is 1. The summed E-state index contributed by atoms with van der Waals surface area (Å²) in [5.41, 5.74) is 0. The lowest BCUT2D eigenvalue weighted by atomic mass is 10.2. The minimum atomic E-state index is -0.226. The number of morpholine rings is 1. The minimum absolute atomic E-state index is 0.217. The van der Waals surface area contributed by atoms with E-state index in [1.807, 2.05) is 25.3 Å². The molecule has 9 heteroatoms. The van der Waals surface area contributed by atoms with Gasteiger partial charge in [0.1, 0.15) is 17.6 Å². The number of urea groups is 1. The summed E-state index contributed by atoms with van der Waals surface area (Å²) < 4.78 is 15.3. The zero-order chi connectivity index (χ0) is 15.5. The monoisotopic (exact) mass is 340 g/mol. The Balaban J connectivity index is 1.73. The van der Waals surface area contributed by atoms with Gasteiger partial charge >= 0.3 is 6.03 Å². The molecule has 0 aliphatic carbocycles. The van der Waals surface area contributed by atoms with Crippen molar-refractivity contribution in [1.29, 1.82) is 0 Å². The molecule has 1 N–H and O–H groups in total. The fourth-order valence-corrected chi connectivity index (χ4v) is 3.34. The molecule has 0 radical (unpaired) electrons. The standard InChI is InChI=1S/C13H16N4O3S2/c1-8-3-4-10(20-8)9-7-19-6-5-17(9)13(18)15-11-14-12(21-2)16-22-11/h3-4,9H,5-7H2,1-2H3,(H,14,15,16,18)/t9-/m0/s1. The van der Waals surface area contributed by atoms with Crippen molar-refractivity contribution in [2.45, 2.75) is 18.1 Å². The number of hydrogen-bond acceptors (Lipinski definition) is 7. The van der Waals surface area contributed by atoms with Gasteiger partial charge in [-0.2, -0.15) is 9.36 Å². The molecule has 0 unspecified atom stereocenters. The summed E-state index contributed by atoms with van der Waals surface area (Å²) in [5.74, 6) is 1.55. The molecular weight excluding hydrogens is 324 g/mol. The highest BCUT2D eigenvalue weighted by atomic mass is 32.2. The lowest BCUT2D eigenvalue weighted by Gasteiger charge is -2.33. The maximum Gasteiger partial charge on any atom is 0.324 e. The Bertz CT molecular complexity index is 657. The van der Waals surface area contributed by atoms with Gasteiger partial charge in [0.05, 0.1) is 13.2 Å². The maximum atomic E-state index is 12.5. The van der Waals surface area contributed by atoms with Crippen LogP contribution in [0, 0.1) is 6.92 Å². The quantitative estimate of drug-likeness (QED) is 0.866. The van der Waals surface area contributed by atoms with Gasteiger partial charge in [0.2, 0.25) is 10.3 Å². The molecule has 22 heavy (non-hydrogen) atoms. The van der Waals surface area contributed by atoms with Crippen molar-refractivity contribution >= 4 is 34.5 Å². The van der Waals surface area contributed by atoms with E-state index >= 15 is 0 Å². The largest absolute Gasteiger partial charge is 0.464 e. The number of thioether (sulfide) groups is 1. The minimum Gasteiger partial charge on any atom is -0.464 e. The molecular formula is C13H16N4O3S2. The van der Waals surface area contributed by atoms with E-state index < -0.39 is 0 Å². The number of aromatic nitrogens is 2. The van der Waals surface area contributed by atoms with Crippen molar-refractivity contribution in [1.82, 2.24) is 14.3 Å². The Morgan fingerprint density at radius 3 is 3.09 bits per heavy atom. The van der Waals surface area contributed by atoms with E-state index in [1.165, 1.54) is 23.3 Å². The number of carbonyl (C=O) groups excluding carboxylic acids is 1. The molecule has 0 bridgehead atoms. The first kappa shape index (κ1) is 15.3. The second-order valence-electron chi connectivity index (χ2n) is 4.75. The molecule has 0 spiro atoms. The van der Waals surface area contributed by atoms with Crippen LogP contribution in [0.5, 0.6) is 0 Å². The van der Waals surface area contributed by atoms with Crippen LogP contribution < -0.4 is 5.32 Å². The molecule has 1 aliphatic heterocycles. The van der Waals surface area contributed by atoms with Crippen LogP contribution in [0.4, 0.5) is 9.93 Å². The van der Waals surface area contributed by atoms with Gasteiger partial charge in [-0.05, 0) is 25.3 Å². The number of anilines is 1. The molecule has 2 aromatic rings. The van der Waals surface area contributed by atoms with Gasteiger partial charge in [-0.1, -0.05) is 11.8 Å². The normalized spacial score (nSPS) is 18.5. The Morgan fingerprint density at radius 1 is 1.55 bits per heavy atom. The third-order valence-corrected chi connectivity index (χ3v) is 4.58. The van der Waals surface area contributed by atoms with Gasteiger partial charge in [0.25, 0.3) is 0 Å². The predicted molar refractivity (Wildman–Crippen MR) is 84.4 cm³/mol. The van der Waals surface area contributed by atoms with E-state index in [4.69, 9.17) is 9.15 Å². The Kier molecular flexibility index (Phi) is 4.65. The molecule has 1 saturated heterocycles. The van der Waals surface area contributed by atoms with Gasteiger partial charge in [-0.3, -0.25) is 5.32 Å². The molecule has 1 aliphatic rings. The van der Waals surface area contributed by atoms with E-state index in [9.17, 15) is 4.79 Å². The Labute approximate surface area is 136 Å². The van der Waals surface area contributed by atoms with Crippen LogP contribution >= 0.6 is 23.3 Å². The molecule has 3 heterocycles. The summed E-state index contributed by atoms with van der Waals surface area (Å²) in [5, 5.41) is 3.94. The highest BCUT2D eigenvalue weighted by Gasteiger charge is 2.31. The van der Waals surface area contributed by atoms with Crippen LogP contribution in [0.15, 0.2) is 21.7 Å². The van der Waals surface area contributed by atoms with Crippen LogP contribution in [0.1, 0.15) is 17.6 Å². The zero-order valence-corrected chi connectivity index (χ0v) is 13.9. The highest BCUT2D eigenvalue weighted by molar-refractivity contribution is 7.98. The summed E-state index contributed by atoms with van der Waals surface area (Å²) in [6.45, 7) is 3.32. The molecule has 1 fully saturated rings. The van der Waals surface area contributed by atoms with E-state index in [0.29, 0.717) is 30.0 Å². The Morgan fingerprint density at radius 2 is 2.41 bits per heavy atom. The molecule has 2 aromatic heterocycles. The molecule has 3 rings (SSSR count). The summed E-state index contributed by atoms with van der Waals surface area (Å²) >= 11 is 2.61. The number of aryl methyl sites for hydroxylation is 1. The summed E-state index contributed by atoms with van der Waals surface area (Å²) in [6.07, 6.45) is 1.89. The topological polar surface area (TPSA) is 80.5 Å². The highest BCUT2D eigenvalue weighted by Crippen LogP contribution is 2.27. The Hall–Kier alpha value is -1.58. The first-order valence-corrected chi connectivity index (χ1v) is 8.76. The number of carbonyl (C=O) groups is 1. The number of nitrogens with zero attached hydrogens (tertiary/aromatic N) is 3. The van der Waals surface area contributed by atoms with Gasteiger partial charge in [0.15, 0.2) is 0 Å². The number of amides is 2. The van der Waals surface area contributed by atoms with Crippen molar-refractivity contribution in [2.24, 2.45) is 0 Å². The van der Waals surface area contributed by atoms with Crippen molar-refractivity contribution in [2.75, 3.05) is 31.3 Å². The van der Waals surface area contributed by atoms with Gasteiger partial charge < -0.3 is 14.1 Å². The number of furan rings is 1. The van der Waals surface area contributed by atoms with Crippen molar-refractivity contribution < 1.29 is 13.9 Å². The molecule has 1 atom stereocenters. The number of ether oxygens (including phenoxy) is 1. The van der Waals surface area contributed by atoms with Crippen LogP contribution in [-0.4, -0.2) is 46.3 Å². The maximum absolute atomic E-state index is 12.5. The van der Waals surface area contributed by atoms with Crippen LogP contribution in [0.25, 0.3) is 0 Å². The van der Waals surface area contributed by atoms with Crippen LogP contribution in [0.3, 0.4) is 0 Å². The van der Waals surface area contributed by atoms with Gasteiger partial charge in [0, 0.05) is 18.1 Å². The van der Waals surface area contributed by atoms with Gasteiger partial charge in [-0.25, -0.2) is 4.79 Å². The SMILES string of the molecule is CSc1nsc(NC(=O)N2CCOC[C@H]2c2ccc(C)o2)n1. The van der Waals surface area contributed by atoms with E-state index in [0.717, 1.165) is 11.5 Å². The van der Waals surface area contributed by atoms with Gasteiger partial charge in [-0.15, -0.1) is 0 Å².